The molecule has 0 saturated carbocycles. The third-order valence-corrected chi connectivity index (χ3v) is 9.44. The maximum Gasteiger partial charge on any atom is 0.272 e. The molecule has 14 heteroatoms. The second kappa shape index (κ2) is 13.6. The number of likely N-dealkylation sites (N-methyl/N-ethyl adjacent to an activating group) is 1. The molecule has 1 N–H and O–H groups in total. The van der Waals surface area contributed by atoms with Crippen LogP contribution in [-0.2, 0) is 36.5 Å². The number of nitrogens with one attached hydrogen (secondary N) is 1. The van der Waals surface area contributed by atoms with Crippen LogP contribution in [0.25, 0.3) is 17.2 Å². The standard InChI is InChI=1S/C34H44N10O4/c1-22(2)19-43-21-30(46)40(4)24-11-12-26-25(18-24)31(38-41(26)5)33(47)35-14-17-42(16-7-9-29(43)45)34(48)23-10-13-28-36-37-32(44(28)20-23)27-8-6-15-39(27)3/h6,8,10,13,15,20,22,24H,7,9,11-12,14,16-19,21H2,1-5H3,(H,35,47). The summed E-state index contributed by atoms with van der Waals surface area (Å²) in [7, 11) is 5.54. The number of carbonyl (C=O) groups is 4. The molecular weight excluding hydrogens is 612 g/mol. The fraction of sp³-hybridized carbons (Fsp3) is 0.500. The molecule has 1 atom stereocenters. The highest BCUT2D eigenvalue weighted by Gasteiger charge is 2.33. The second-order valence-corrected chi connectivity index (χ2v) is 13.3. The molecule has 1 unspecified atom stereocenters. The Hall–Kier alpha value is -5.01. The number of fused-ring (bicyclic) bond motifs is 2. The molecule has 0 fully saturated rings. The van der Waals surface area contributed by atoms with Gasteiger partial charge in [0.15, 0.2) is 17.2 Å². The van der Waals surface area contributed by atoms with Crippen LogP contribution in [0, 0.1) is 5.92 Å². The van der Waals surface area contributed by atoms with Crippen molar-refractivity contribution >= 4 is 29.3 Å². The van der Waals surface area contributed by atoms with E-state index in [1.54, 1.807) is 49.2 Å². The molecule has 0 saturated heterocycles. The Balaban J connectivity index is 1.29. The lowest BCUT2D eigenvalue weighted by Gasteiger charge is -2.34. The number of amides is 4. The molecule has 0 aromatic carbocycles. The highest BCUT2D eigenvalue weighted by Crippen LogP contribution is 2.27. The summed E-state index contributed by atoms with van der Waals surface area (Å²) < 4.78 is 5.48. The number of aromatic nitrogens is 6. The topological polar surface area (TPSA) is 143 Å². The zero-order valence-corrected chi connectivity index (χ0v) is 28.3. The zero-order chi connectivity index (χ0) is 34.1. The number of nitrogens with zero attached hydrogens (tertiary/aromatic N) is 9. The quantitative estimate of drug-likeness (QED) is 0.354. The van der Waals surface area contributed by atoms with E-state index in [2.05, 4.69) is 20.6 Å². The van der Waals surface area contributed by atoms with E-state index in [9.17, 15) is 19.2 Å². The monoisotopic (exact) mass is 656 g/mol. The van der Waals surface area contributed by atoms with E-state index in [0.29, 0.717) is 48.5 Å². The van der Waals surface area contributed by atoms with Crippen LogP contribution in [-0.4, -0.2) is 113 Å². The van der Waals surface area contributed by atoms with Crippen LogP contribution < -0.4 is 5.32 Å². The molecule has 0 spiro atoms. The van der Waals surface area contributed by atoms with Gasteiger partial charge in [-0.1, -0.05) is 13.8 Å². The predicted molar refractivity (Wildman–Crippen MR) is 178 cm³/mol. The minimum absolute atomic E-state index is 0.0116. The van der Waals surface area contributed by atoms with E-state index < -0.39 is 0 Å². The Morgan fingerprint density at radius 3 is 2.58 bits per heavy atom. The molecule has 5 heterocycles. The van der Waals surface area contributed by atoms with Crippen LogP contribution in [0.4, 0.5) is 0 Å². The minimum atomic E-state index is -0.311. The molecule has 48 heavy (non-hydrogen) atoms. The van der Waals surface area contributed by atoms with Crippen molar-refractivity contribution in [3.63, 3.8) is 0 Å². The van der Waals surface area contributed by atoms with Gasteiger partial charge in [0.1, 0.15) is 0 Å². The summed E-state index contributed by atoms with van der Waals surface area (Å²) in [5.41, 5.74) is 4.07. The van der Waals surface area contributed by atoms with Gasteiger partial charge in [0.25, 0.3) is 11.8 Å². The largest absolute Gasteiger partial charge is 0.349 e. The van der Waals surface area contributed by atoms with E-state index in [0.717, 1.165) is 23.4 Å². The van der Waals surface area contributed by atoms with Gasteiger partial charge in [-0.25, -0.2) is 0 Å². The first-order valence-corrected chi connectivity index (χ1v) is 16.6. The molecule has 0 radical (unpaired) electrons. The molecule has 4 aromatic heterocycles. The van der Waals surface area contributed by atoms with Gasteiger partial charge in [0, 0.05) is 83.4 Å². The van der Waals surface area contributed by atoms with Gasteiger partial charge in [0.05, 0.1) is 17.8 Å². The molecule has 4 amide bonds. The number of aryl methyl sites for hydroxylation is 2. The fourth-order valence-corrected chi connectivity index (χ4v) is 6.81. The summed E-state index contributed by atoms with van der Waals surface area (Å²) in [5, 5.41) is 16.2. The number of carbonyl (C=O) groups excluding carboxylic acids is 4. The van der Waals surface area contributed by atoms with Crippen LogP contribution in [0.3, 0.4) is 0 Å². The van der Waals surface area contributed by atoms with Gasteiger partial charge in [0.2, 0.25) is 11.8 Å². The molecule has 6 rings (SSSR count). The number of hydrogen-bond acceptors (Lipinski definition) is 7. The molecule has 4 aromatic rings. The Morgan fingerprint density at radius 2 is 1.83 bits per heavy atom. The molecule has 1 aliphatic carbocycles. The van der Waals surface area contributed by atoms with Gasteiger partial charge >= 0.3 is 0 Å². The lowest BCUT2D eigenvalue weighted by Crippen LogP contribution is -2.47. The Kier molecular flexibility index (Phi) is 9.33. The SMILES string of the molecule is CC(C)CN1CC(=O)N(C)C2CCc3c(c(nn3C)C(=O)NCCN(C(=O)c3ccc4nnc(-c5cccn5C)n4c3)CCCC1=O)C2. The molecule has 1 aliphatic heterocycles. The lowest BCUT2D eigenvalue weighted by atomic mass is 9.90. The first-order valence-electron chi connectivity index (χ1n) is 16.6. The Bertz CT molecular complexity index is 1850. The maximum atomic E-state index is 14.1. The van der Waals surface area contributed by atoms with Crippen molar-refractivity contribution in [1.29, 1.82) is 0 Å². The van der Waals surface area contributed by atoms with Crippen LogP contribution in [0.1, 0.15) is 65.2 Å². The third-order valence-electron chi connectivity index (χ3n) is 9.44. The molecular formula is C34H44N10O4. The number of hydrogen-bond donors (Lipinski definition) is 1. The normalized spacial score (nSPS) is 18.5. The molecule has 2 bridgehead atoms. The fourth-order valence-electron chi connectivity index (χ4n) is 6.81. The Labute approximate surface area is 279 Å². The first kappa shape index (κ1) is 32.9. The van der Waals surface area contributed by atoms with Crippen LogP contribution in [0.2, 0.25) is 0 Å². The van der Waals surface area contributed by atoms with Crippen molar-refractivity contribution < 1.29 is 19.2 Å². The average molecular weight is 657 g/mol. The van der Waals surface area contributed by atoms with Crippen molar-refractivity contribution in [1.82, 2.24) is 49.0 Å². The van der Waals surface area contributed by atoms with E-state index in [4.69, 9.17) is 0 Å². The summed E-state index contributed by atoms with van der Waals surface area (Å²) in [6.07, 6.45) is 6.18. The molecule has 2 aliphatic rings. The smallest absolute Gasteiger partial charge is 0.272 e. The predicted octanol–water partition coefficient (Wildman–Crippen LogP) is 1.93. The van der Waals surface area contributed by atoms with Crippen molar-refractivity contribution in [2.45, 2.75) is 52.0 Å². The van der Waals surface area contributed by atoms with Crippen molar-refractivity contribution in [3.05, 3.63) is 59.2 Å². The van der Waals surface area contributed by atoms with Gasteiger partial charge in [-0.2, -0.15) is 5.10 Å². The summed E-state index contributed by atoms with van der Waals surface area (Å²) in [6, 6.07) is 7.22. The average Bonchev–Trinajstić information content (AvgIpc) is 3.77. The molecule has 14 nitrogen and oxygen atoms in total. The summed E-state index contributed by atoms with van der Waals surface area (Å²) in [4.78, 5) is 59.6. The van der Waals surface area contributed by atoms with Crippen molar-refractivity contribution in [2.24, 2.45) is 20.0 Å². The summed E-state index contributed by atoms with van der Waals surface area (Å²) in [6.45, 7) is 5.22. The number of rotatable bonds is 4. The van der Waals surface area contributed by atoms with Gasteiger partial charge in [-0.05, 0) is 55.9 Å². The lowest BCUT2D eigenvalue weighted by molar-refractivity contribution is -0.141. The second-order valence-electron chi connectivity index (χ2n) is 13.3. The van der Waals surface area contributed by atoms with Crippen LogP contribution >= 0.6 is 0 Å². The van der Waals surface area contributed by atoms with Gasteiger partial charge in [-0.3, -0.25) is 28.3 Å². The van der Waals surface area contributed by atoms with E-state index >= 15 is 0 Å². The summed E-state index contributed by atoms with van der Waals surface area (Å²) in [5.74, 6) is -0.00648. The Morgan fingerprint density at radius 1 is 1.02 bits per heavy atom. The van der Waals surface area contributed by atoms with Gasteiger partial charge in [-0.15, -0.1) is 10.2 Å². The van der Waals surface area contributed by atoms with Crippen molar-refractivity contribution in [2.75, 3.05) is 39.8 Å². The van der Waals surface area contributed by atoms with Gasteiger partial charge < -0.3 is 24.6 Å². The maximum absolute atomic E-state index is 14.1. The first-order chi connectivity index (χ1) is 23.0. The number of pyridine rings is 1. The molecule has 254 valence electrons. The highest BCUT2D eigenvalue weighted by atomic mass is 16.2. The zero-order valence-electron chi connectivity index (χ0n) is 28.3. The van der Waals surface area contributed by atoms with Crippen LogP contribution in [0.15, 0.2) is 36.7 Å². The van der Waals surface area contributed by atoms with E-state index in [1.807, 2.05) is 50.8 Å². The highest BCUT2D eigenvalue weighted by molar-refractivity contribution is 5.95. The van der Waals surface area contributed by atoms with E-state index in [1.165, 1.54) is 0 Å². The summed E-state index contributed by atoms with van der Waals surface area (Å²) >= 11 is 0. The minimum Gasteiger partial charge on any atom is -0.349 e. The van der Waals surface area contributed by atoms with Crippen molar-refractivity contribution in [3.8, 4) is 11.5 Å². The van der Waals surface area contributed by atoms with E-state index in [-0.39, 0.29) is 68.2 Å². The van der Waals surface area contributed by atoms with Crippen LogP contribution in [0.5, 0.6) is 0 Å². The third kappa shape index (κ3) is 6.56.